The molecule has 0 saturated carbocycles. The average molecular weight is 335 g/mol. The lowest BCUT2D eigenvalue weighted by atomic mass is 10.2. The second kappa shape index (κ2) is 7.03. The number of anilines is 1. The van der Waals surface area contributed by atoms with Crippen molar-refractivity contribution in [2.75, 3.05) is 31.1 Å². The third kappa shape index (κ3) is 3.72. The fourth-order valence-corrected chi connectivity index (χ4v) is 3.26. The number of thiophene rings is 1. The number of aliphatic imine (C=N–C) groups is 1. The summed E-state index contributed by atoms with van der Waals surface area (Å²) < 4.78 is 0. The molecule has 0 amide bonds. The molecule has 0 bridgehead atoms. The first-order chi connectivity index (χ1) is 10.7. The van der Waals surface area contributed by atoms with Gasteiger partial charge in [0.25, 0.3) is 0 Å². The summed E-state index contributed by atoms with van der Waals surface area (Å²) in [6.45, 7) is 4.33. The van der Waals surface area contributed by atoms with Crippen molar-refractivity contribution in [3.8, 4) is 0 Å². The van der Waals surface area contributed by atoms with Crippen molar-refractivity contribution in [2.45, 2.75) is 6.54 Å². The van der Waals surface area contributed by atoms with Gasteiger partial charge in [-0.1, -0.05) is 17.7 Å². The molecule has 1 fully saturated rings. The van der Waals surface area contributed by atoms with Crippen molar-refractivity contribution in [3.05, 3.63) is 51.7 Å². The van der Waals surface area contributed by atoms with Gasteiger partial charge in [0.05, 0.1) is 6.54 Å². The summed E-state index contributed by atoms with van der Waals surface area (Å²) in [4.78, 5) is 10.2. The SMILES string of the molecule is NC(=NCc1cccs1)N1CCN(c2ccc(Cl)cc2)CC1. The lowest BCUT2D eigenvalue weighted by Gasteiger charge is -2.36. The van der Waals surface area contributed by atoms with Crippen LogP contribution in [-0.2, 0) is 6.54 Å². The Morgan fingerprint density at radius 1 is 1.14 bits per heavy atom. The van der Waals surface area contributed by atoms with Gasteiger partial charge < -0.3 is 15.5 Å². The zero-order chi connectivity index (χ0) is 15.4. The highest BCUT2D eigenvalue weighted by Gasteiger charge is 2.18. The molecule has 6 heteroatoms. The Kier molecular flexibility index (Phi) is 4.85. The molecule has 0 spiro atoms. The van der Waals surface area contributed by atoms with Crippen molar-refractivity contribution >= 4 is 34.6 Å². The van der Waals surface area contributed by atoms with E-state index in [1.54, 1.807) is 11.3 Å². The highest BCUT2D eigenvalue weighted by Crippen LogP contribution is 2.19. The predicted octanol–water partition coefficient (Wildman–Crippen LogP) is 3.04. The molecule has 1 saturated heterocycles. The Labute approximate surface area is 139 Å². The van der Waals surface area contributed by atoms with Crippen molar-refractivity contribution in [2.24, 2.45) is 10.7 Å². The van der Waals surface area contributed by atoms with Crippen LogP contribution in [0.1, 0.15) is 4.88 Å². The highest BCUT2D eigenvalue weighted by atomic mass is 35.5. The minimum atomic E-state index is 0.643. The van der Waals surface area contributed by atoms with Crippen LogP contribution in [0.4, 0.5) is 5.69 Å². The van der Waals surface area contributed by atoms with E-state index in [4.69, 9.17) is 17.3 Å². The summed E-state index contributed by atoms with van der Waals surface area (Å²) in [5.74, 6) is 0.643. The van der Waals surface area contributed by atoms with Crippen LogP contribution in [0, 0.1) is 0 Å². The van der Waals surface area contributed by atoms with E-state index in [1.807, 2.05) is 18.2 Å². The molecule has 4 nitrogen and oxygen atoms in total. The van der Waals surface area contributed by atoms with Gasteiger partial charge in [0.1, 0.15) is 0 Å². The van der Waals surface area contributed by atoms with E-state index in [0.717, 1.165) is 31.2 Å². The van der Waals surface area contributed by atoms with Crippen LogP contribution in [0.15, 0.2) is 46.8 Å². The fourth-order valence-electron chi connectivity index (χ4n) is 2.51. The predicted molar refractivity (Wildman–Crippen MR) is 94.9 cm³/mol. The lowest BCUT2D eigenvalue weighted by Crippen LogP contribution is -2.51. The third-order valence-electron chi connectivity index (χ3n) is 3.77. The van der Waals surface area contributed by atoms with Gasteiger partial charge in [-0.15, -0.1) is 11.3 Å². The van der Waals surface area contributed by atoms with Crippen LogP contribution in [0.2, 0.25) is 5.02 Å². The van der Waals surface area contributed by atoms with E-state index in [9.17, 15) is 0 Å². The number of halogens is 1. The smallest absolute Gasteiger partial charge is 0.191 e. The van der Waals surface area contributed by atoms with Gasteiger partial charge in [-0.05, 0) is 35.7 Å². The summed E-state index contributed by atoms with van der Waals surface area (Å²) in [6.07, 6.45) is 0. The zero-order valence-electron chi connectivity index (χ0n) is 12.3. The van der Waals surface area contributed by atoms with Gasteiger partial charge in [-0.3, -0.25) is 0 Å². The number of nitrogens with two attached hydrogens (primary N) is 1. The summed E-state index contributed by atoms with van der Waals surface area (Å²) in [6, 6.07) is 12.1. The highest BCUT2D eigenvalue weighted by molar-refractivity contribution is 7.09. The Bertz CT molecular complexity index is 616. The molecule has 22 heavy (non-hydrogen) atoms. The largest absolute Gasteiger partial charge is 0.370 e. The average Bonchev–Trinajstić information content (AvgIpc) is 3.07. The molecule has 1 aromatic carbocycles. The van der Waals surface area contributed by atoms with Crippen LogP contribution in [-0.4, -0.2) is 37.0 Å². The number of piperazine rings is 1. The number of nitrogens with zero attached hydrogens (tertiary/aromatic N) is 3. The van der Waals surface area contributed by atoms with Gasteiger partial charge in [0.2, 0.25) is 0 Å². The van der Waals surface area contributed by atoms with E-state index >= 15 is 0 Å². The van der Waals surface area contributed by atoms with Crippen molar-refractivity contribution in [3.63, 3.8) is 0 Å². The van der Waals surface area contributed by atoms with Crippen LogP contribution in [0.25, 0.3) is 0 Å². The molecule has 0 radical (unpaired) electrons. The van der Waals surface area contributed by atoms with Crippen LogP contribution in [0.3, 0.4) is 0 Å². The first kappa shape index (κ1) is 15.2. The Balaban J connectivity index is 1.54. The Morgan fingerprint density at radius 2 is 1.86 bits per heavy atom. The van der Waals surface area contributed by atoms with Gasteiger partial charge in [0.15, 0.2) is 5.96 Å². The van der Waals surface area contributed by atoms with Crippen molar-refractivity contribution in [1.82, 2.24) is 4.90 Å². The zero-order valence-corrected chi connectivity index (χ0v) is 13.9. The molecule has 1 aliphatic rings. The normalized spacial score (nSPS) is 16.1. The molecular weight excluding hydrogens is 316 g/mol. The number of benzene rings is 1. The second-order valence-corrected chi connectivity index (χ2v) is 6.67. The van der Waals surface area contributed by atoms with E-state index in [0.29, 0.717) is 12.5 Å². The van der Waals surface area contributed by atoms with Crippen molar-refractivity contribution < 1.29 is 0 Å². The first-order valence-corrected chi connectivity index (χ1v) is 8.56. The minimum Gasteiger partial charge on any atom is -0.370 e. The third-order valence-corrected chi connectivity index (χ3v) is 4.89. The molecule has 0 atom stereocenters. The van der Waals surface area contributed by atoms with E-state index < -0.39 is 0 Å². The maximum atomic E-state index is 6.11. The van der Waals surface area contributed by atoms with Crippen LogP contribution in [0.5, 0.6) is 0 Å². The number of hydrogen-bond acceptors (Lipinski definition) is 3. The summed E-state index contributed by atoms with van der Waals surface area (Å²) in [5.41, 5.74) is 7.32. The van der Waals surface area contributed by atoms with E-state index in [-0.39, 0.29) is 0 Å². The first-order valence-electron chi connectivity index (χ1n) is 7.30. The topological polar surface area (TPSA) is 44.9 Å². The van der Waals surface area contributed by atoms with Crippen molar-refractivity contribution in [1.29, 1.82) is 0 Å². The summed E-state index contributed by atoms with van der Waals surface area (Å²) in [7, 11) is 0. The Morgan fingerprint density at radius 3 is 2.50 bits per heavy atom. The van der Waals surface area contributed by atoms with E-state index in [2.05, 4.69) is 38.4 Å². The Hall–Kier alpha value is -1.72. The maximum Gasteiger partial charge on any atom is 0.191 e. The van der Waals surface area contributed by atoms with Crippen LogP contribution >= 0.6 is 22.9 Å². The monoisotopic (exact) mass is 334 g/mol. The fraction of sp³-hybridized carbons (Fsp3) is 0.312. The van der Waals surface area contributed by atoms with E-state index in [1.165, 1.54) is 10.6 Å². The molecule has 3 rings (SSSR count). The molecule has 2 heterocycles. The van der Waals surface area contributed by atoms with Crippen LogP contribution < -0.4 is 10.6 Å². The van der Waals surface area contributed by atoms with Gasteiger partial charge >= 0.3 is 0 Å². The molecule has 0 unspecified atom stereocenters. The minimum absolute atomic E-state index is 0.643. The molecule has 0 aliphatic carbocycles. The van der Waals surface area contributed by atoms with Gasteiger partial charge in [-0.2, -0.15) is 0 Å². The second-order valence-electron chi connectivity index (χ2n) is 5.20. The molecule has 116 valence electrons. The van der Waals surface area contributed by atoms with Gasteiger partial charge in [0, 0.05) is 41.8 Å². The lowest BCUT2D eigenvalue weighted by molar-refractivity contribution is 0.381. The quantitative estimate of drug-likeness (QED) is 0.693. The number of rotatable bonds is 3. The molecule has 1 aromatic heterocycles. The van der Waals surface area contributed by atoms with Gasteiger partial charge in [-0.25, -0.2) is 4.99 Å². The summed E-state index contributed by atoms with van der Waals surface area (Å²) in [5, 5.41) is 2.83. The molecule has 2 aromatic rings. The molecule has 2 N–H and O–H groups in total. The standard InChI is InChI=1S/C16H19ClN4S/c17-13-3-5-14(6-4-13)20-7-9-21(10-8-20)16(18)19-12-15-2-1-11-22-15/h1-6,11H,7-10,12H2,(H2,18,19). The number of guanidine groups is 1. The molecule has 1 aliphatic heterocycles. The molecular formula is C16H19ClN4S. The summed E-state index contributed by atoms with van der Waals surface area (Å²) >= 11 is 7.64. The maximum absolute atomic E-state index is 6.11. The number of hydrogen-bond donors (Lipinski definition) is 1.